The molecule has 2 fully saturated rings. The molecular formula is C20H29FN3O4S+. The number of carbonyl (C=O) groups excluding carboxylic acids is 2. The lowest BCUT2D eigenvalue weighted by Gasteiger charge is -2.34. The van der Waals surface area contributed by atoms with Gasteiger partial charge in [0.25, 0.3) is 11.8 Å². The monoisotopic (exact) mass is 426 g/mol. The first-order chi connectivity index (χ1) is 13.7. The van der Waals surface area contributed by atoms with Crippen molar-refractivity contribution in [1.82, 2.24) is 4.90 Å². The van der Waals surface area contributed by atoms with Crippen LogP contribution in [0.1, 0.15) is 32.1 Å². The van der Waals surface area contributed by atoms with Crippen molar-refractivity contribution in [2.75, 3.05) is 37.0 Å². The number of carbonyl (C=O) groups is 2. The van der Waals surface area contributed by atoms with E-state index in [1.165, 1.54) is 18.2 Å². The number of anilines is 1. The molecule has 1 heterocycles. The lowest BCUT2D eigenvalue weighted by Crippen LogP contribution is -3.11. The first-order valence-electron chi connectivity index (χ1n) is 10.1. The minimum atomic E-state index is -3.08. The van der Waals surface area contributed by atoms with Gasteiger partial charge in [-0.1, -0.05) is 18.9 Å². The van der Waals surface area contributed by atoms with Crippen molar-refractivity contribution in [3.05, 3.63) is 30.1 Å². The molecule has 0 aromatic heterocycles. The molecule has 0 spiro atoms. The molecule has 160 valence electrons. The highest BCUT2D eigenvalue weighted by atomic mass is 32.2. The van der Waals surface area contributed by atoms with E-state index >= 15 is 0 Å². The molecule has 2 atom stereocenters. The van der Waals surface area contributed by atoms with Crippen LogP contribution in [0.3, 0.4) is 0 Å². The van der Waals surface area contributed by atoms with E-state index in [0.29, 0.717) is 17.0 Å². The quantitative estimate of drug-likeness (QED) is 0.654. The molecule has 9 heteroatoms. The van der Waals surface area contributed by atoms with E-state index < -0.39 is 15.7 Å². The molecule has 0 bridgehead atoms. The number of quaternary nitrogens is 1. The van der Waals surface area contributed by atoms with Crippen molar-refractivity contribution in [3.8, 4) is 0 Å². The molecule has 1 aromatic carbocycles. The van der Waals surface area contributed by atoms with Crippen LogP contribution in [0.4, 0.5) is 10.1 Å². The summed E-state index contributed by atoms with van der Waals surface area (Å²) >= 11 is 0. The predicted molar refractivity (Wildman–Crippen MR) is 108 cm³/mol. The van der Waals surface area contributed by atoms with E-state index in [0.717, 1.165) is 25.7 Å². The van der Waals surface area contributed by atoms with Gasteiger partial charge < -0.3 is 15.1 Å². The van der Waals surface area contributed by atoms with E-state index in [2.05, 4.69) is 5.32 Å². The van der Waals surface area contributed by atoms with E-state index in [1.54, 1.807) is 18.0 Å². The van der Waals surface area contributed by atoms with Gasteiger partial charge in [0.05, 0.1) is 18.6 Å². The first-order valence-corrected chi connectivity index (χ1v) is 11.9. The van der Waals surface area contributed by atoms with Crippen LogP contribution < -0.4 is 10.2 Å². The van der Waals surface area contributed by atoms with E-state index in [-0.39, 0.29) is 48.5 Å². The number of nitrogens with one attached hydrogen (secondary N) is 2. The van der Waals surface area contributed by atoms with Crippen LogP contribution in [0.5, 0.6) is 0 Å². The van der Waals surface area contributed by atoms with Crippen molar-refractivity contribution >= 4 is 27.3 Å². The smallest absolute Gasteiger partial charge is 0.279 e. The van der Waals surface area contributed by atoms with Crippen LogP contribution in [-0.2, 0) is 19.4 Å². The van der Waals surface area contributed by atoms with Crippen LogP contribution >= 0.6 is 0 Å². The Morgan fingerprint density at radius 3 is 2.52 bits per heavy atom. The lowest BCUT2D eigenvalue weighted by atomic mass is 10.1. The van der Waals surface area contributed by atoms with Gasteiger partial charge in [-0.25, -0.2) is 12.8 Å². The Morgan fingerprint density at radius 1 is 1.17 bits per heavy atom. The highest BCUT2D eigenvalue weighted by Gasteiger charge is 2.39. The normalized spacial score (nSPS) is 22.3. The van der Waals surface area contributed by atoms with Gasteiger partial charge in [-0.2, -0.15) is 0 Å². The third-order valence-electron chi connectivity index (χ3n) is 5.63. The van der Waals surface area contributed by atoms with Gasteiger partial charge in [0.2, 0.25) is 0 Å². The molecule has 1 saturated heterocycles. The Balaban J connectivity index is 1.58. The summed E-state index contributed by atoms with van der Waals surface area (Å²) in [5.41, 5.74) is 0.373. The number of likely N-dealkylation sites (N-methyl/N-ethyl adjacent to an activating group) is 1. The average molecular weight is 427 g/mol. The van der Waals surface area contributed by atoms with Crippen LogP contribution in [0.15, 0.2) is 24.3 Å². The molecule has 1 aromatic rings. The van der Waals surface area contributed by atoms with Crippen molar-refractivity contribution in [2.45, 2.75) is 44.2 Å². The molecule has 1 unspecified atom stereocenters. The molecule has 1 aliphatic heterocycles. The van der Waals surface area contributed by atoms with Crippen molar-refractivity contribution in [1.29, 1.82) is 0 Å². The maximum atomic E-state index is 13.2. The number of rotatable bonds is 7. The molecule has 2 amide bonds. The van der Waals surface area contributed by atoms with Gasteiger partial charge in [0.1, 0.15) is 5.82 Å². The van der Waals surface area contributed by atoms with Crippen LogP contribution in [0.25, 0.3) is 0 Å². The maximum absolute atomic E-state index is 13.2. The zero-order valence-corrected chi connectivity index (χ0v) is 17.5. The highest BCUT2D eigenvalue weighted by Crippen LogP contribution is 2.29. The second-order valence-electron chi connectivity index (χ2n) is 8.17. The van der Waals surface area contributed by atoms with Crippen LogP contribution in [0.2, 0.25) is 0 Å². The molecule has 3 rings (SSSR count). The highest BCUT2D eigenvalue weighted by molar-refractivity contribution is 7.91. The van der Waals surface area contributed by atoms with Gasteiger partial charge in [0.15, 0.2) is 22.9 Å². The SMILES string of the molecule is C[NH+](CC(=O)Nc1cccc(F)c1)CC(=O)N(C1CCCC1)[C@H]1CCS(=O)(=O)C1. The first kappa shape index (κ1) is 21.7. The van der Waals surface area contributed by atoms with Gasteiger partial charge in [-0.05, 0) is 37.5 Å². The lowest BCUT2D eigenvalue weighted by molar-refractivity contribution is -0.862. The zero-order valence-electron chi connectivity index (χ0n) is 16.7. The molecule has 29 heavy (non-hydrogen) atoms. The summed E-state index contributed by atoms with van der Waals surface area (Å²) in [7, 11) is -1.33. The second kappa shape index (κ2) is 9.21. The largest absolute Gasteiger partial charge is 0.331 e. The molecule has 2 N–H and O–H groups in total. The summed E-state index contributed by atoms with van der Waals surface area (Å²) in [6.45, 7) is 0.174. The minimum Gasteiger partial charge on any atom is -0.331 e. The number of nitrogens with zero attached hydrogens (tertiary/aromatic N) is 1. The Morgan fingerprint density at radius 2 is 1.90 bits per heavy atom. The van der Waals surface area contributed by atoms with E-state index in [9.17, 15) is 22.4 Å². The standard InChI is InChI=1S/C20H28FN3O4S/c1-23(12-19(25)22-16-6-4-5-15(21)11-16)13-20(26)24(17-7-2-3-8-17)18-9-10-29(27,28)14-18/h4-6,11,17-18H,2-3,7-10,12-14H2,1H3,(H,22,25)/p+1/t18-/m0/s1. The van der Waals surface area contributed by atoms with Crippen molar-refractivity contribution in [2.24, 2.45) is 0 Å². The van der Waals surface area contributed by atoms with Gasteiger partial charge in [0, 0.05) is 17.8 Å². The number of halogens is 1. The topological polar surface area (TPSA) is 88.0 Å². The Labute approximate surface area is 171 Å². The summed E-state index contributed by atoms with van der Waals surface area (Å²) in [4.78, 5) is 27.8. The molecule has 1 aliphatic carbocycles. The van der Waals surface area contributed by atoms with E-state index in [4.69, 9.17) is 0 Å². The van der Waals surface area contributed by atoms with Crippen LogP contribution in [0, 0.1) is 5.82 Å². The summed E-state index contributed by atoms with van der Waals surface area (Å²) in [6.07, 6.45) is 4.39. The fourth-order valence-corrected chi connectivity index (χ4v) is 6.05. The number of amides is 2. The van der Waals surface area contributed by atoms with Gasteiger partial charge in [-0.3, -0.25) is 9.59 Å². The van der Waals surface area contributed by atoms with Crippen molar-refractivity contribution < 1.29 is 27.3 Å². The Hall–Kier alpha value is -2.00. The fourth-order valence-electron chi connectivity index (χ4n) is 4.34. The Kier molecular flexibility index (Phi) is 6.89. The van der Waals surface area contributed by atoms with Crippen molar-refractivity contribution in [3.63, 3.8) is 0 Å². The van der Waals surface area contributed by atoms with Gasteiger partial charge >= 0.3 is 0 Å². The second-order valence-corrected chi connectivity index (χ2v) is 10.4. The minimum absolute atomic E-state index is 0.0361. The summed E-state index contributed by atoms with van der Waals surface area (Å²) in [5, 5.41) is 2.63. The summed E-state index contributed by atoms with van der Waals surface area (Å²) in [6, 6.07) is 5.48. The number of benzene rings is 1. The van der Waals surface area contributed by atoms with E-state index in [1.807, 2.05) is 0 Å². The number of hydrogen-bond acceptors (Lipinski definition) is 4. The number of hydrogen-bond donors (Lipinski definition) is 2. The maximum Gasteiger partial charge on any atom is 0.279 e. The molecule has 1 saturated carbocycles. The predicted octanol–water partition coefficient (Wildman–Crippen LogP) is 0.237. The summed E-state index contributed by atoms with van der Waals surface area (Å²) < 4.78 is 37.1. The molecular weight excluding hydrogens is 397 g/mol. The molecule has 7 nitrogen and oxygen atoms in total. The molecule has 2 aliphatic rings. The Bertz CT molecular complexity index is 855. The third-order valence-corrected chi connectivity index (χ3v) is 7.38. The number of sulfone groups is 1. The zero-order chi connectivity index (χ0) is 21.0. The van der Waals surface area contributed by atoms with Gasteiger partial charge in [-0.15, -0.1) is 0 Å². The molecule has 0 radical (unpaired) electrons. The summed E-state index contributed by atoms with van der Waals surface area (Å²) in [5.74, 6) is -0.675. The van der Waals surface area contributed by atoms with Crippen LogP contribution in [-0.4, -0.2) is 68.9 Å². The third kappa shape index (κ3) is 5.99. The fraction of sp³-hybridized carbons (Fsp3) is 0.600. The average Bonchev–Trinajstić information content (AvgIpc) is 3.25.